The molecule has 5 aliphatic rings. The van der Waals surface area contributed by atoms with Crippen molar-refractivity contribution in [3.8, 4) is 0 Å². The van der Waals surface area contributed by atoms with E-state index < -0.39 is 6.04 Å². The topological polar surface area (TPSA) is 105 Å². The minimum Gasteiger partial charge on any atom is -0.353 e. The number of carbonyl (C=O) groups is 3. The Bertz CT molecular complexity index is 1490. The van der Waals surface area contributed by atoms with Crippen LogP contribution in [-0.4, -0.2) is 45.9 Å². The number of nitrogens with one attached hydrogen (secondary N) is 3. The molecule has 1 heterocycles. The molecule has 8 rings (SSSR count). The monoisotopic (exact) mass is 595 g/mol. The van der Waals surface area contributed by atoms with E-state index in [9.17, 15) is 14.4 Å². The summed E-state index contributed by atoms with van der Waals surface area (Å²) in [5, 5.41) is 11.7. The molecule has 4 bridgehead atoms. The number of carbonyl (C=O) groups excluding carboxylic acids is 3. The highest BCUT2D eigenvalue weighted by molar-refractivity contribution is 5.90. The summed E-state index contributed by atoms with van der Waals surface area (Å²) in [6.45, 7) is 0.710. The van der Waals surface area contributed by atoms with Crippen molar-refractivity contribution in [2.24, 2.45) is 23.2 Å². The molecule has 3 amide bonds. The molecule has 1 aromatic heterocycles. The van der Waals surface area contributed by atoms with E-state index >= 15 is 0 Å². The van der Waals surface area contributed by atoms with Gasteiger partial charge in [-0.25, -0.2) is 4.98 Å². The molecule has 5 saturated carbocycles. The van der Waals surface area contributed by atoms with E-state index in [1.54, 1.807) is 12.5 Å². The van der Waals surface area contributed by atoms with Crippen LogP contribution in [0.25, 0.3) is 10.8 Å². The molecule has 0 aliphatic heterocycles. The maximum atomic E-state index is 13.7. The predicted octanol–water partition coefficient (Wildman–Crippen LogP) is 4.89. The number of hydrogen-bond acceptors (Lipinski definition) is 4. The second-order valence-corrected chi connectivity index (χ2v) is 14.2. The van der Waals surface area contributed by atoms with Gasteiger partial charge in [-0.15, -0.1) is 0 Å². The fraction of sp³-hybridized carbons (Fsp3) is 0.556. The third kappa shape index (κ3) is 6.26. The van der Waals surface area contributed by atoms with Gasteiger partial charge in [0.1, 0.15) is 6.04 Å². The summed E-state index contributed by atoms with van der Waals surface area (Å²) in [7, 11) is 0. The van der Waals surface area contributed by atoms with Gasteiger partial charge in [-0.2, -0.15) is 0 Å². The van der Waals surface area contributed by atoms with E-state index in [1.807, 2.05) is 16.7 Å². The predicted molar refractivity (Wildman–Crippen MR) is 170 cm³/mol. The van der Waals surface area contributed by atoms with E-state index in [0.29, 0.717) is 24.3 Å². The quantitative estimate of drug-likeness (QED) is 0.310. The van der Waals surface area contributed by atoms with Crippen molar-refractivity contribution >= 4 is 28.5 Å². The largest absolute Gasteiger partial charge is 0.353 e. The van der Waals surface area contributed by atoms with Crippen molar-refractivity contribution in [3.05, 3.63) is 66.2 Å². The Kier molecular flexibility index (Phi) is 8.17. The SMILES string of the molecule is O=C(Cc1cncn1Cc1ccc2ccccc2c1)NC(CNC(=O)C12CC3CC(CC(C3)C1)C2)C(=O)NC1CCCCC1. The number of imidazole rings is 1. The Morgan fingerprint density at radius 3 is 2.34 bits per heavy atom. The fourth-order valence-electron chi connectivity index (χ4n) is 9.11. The zero-order valence-electron chi connectivity index (χ0n) is 25.6. The van der Waals surface area contributed by atoms with Crippen LogP contribution in [0.15, 0.2) is 55.0 Å². The summed E-state index contributed by atoms with van der Waals surface area (Å²) in [5.41, 5.74) is 1.61. The summed E-state index contributed by atoms with van der Waals surface area (Å²) in [5.74, 6) is 1.61. The second-order valence-electron chi connectivity index (χ2n) is 14.2. The number of rotatable bonds is 10. The second kappa shape index (κ2) is 12.4. The molecule has 3 N–H and O–H groups in total. The van der Waals surface area contributed by atoms with E-state index in [1.165, 1.54) is 36.5 Å². The maximum Gasteiger partial charge on any atom is 0.244 e. The maximum absolute atomic E-state index is 13.7. The molecule has 3 aromatic rings. The molecular weight excluding hydrogens is 550 g/mol. The molecular formula is C36H45N5O3. The van der Waals surface area contributed by atoms with E-state index in [4.69, 9.17) is 0 Å². The van der Waals surface area contributed by atoms with Crippen LogP contribution >= 0.6 is 0 Å². The first-order valence-corrected chi connectivity index (χ1v) is 16.8. The van der Waals surface area contributed by atoms with Crippen LogP contribution in [0.5, 0.6) is 0 Å². The van der Waals surface area contributed by atoms with Crippen LogP contribution < -0.4 is 16.0 Å². The fourth-order valence-corrected chi connectivity index (χ4v) is 9.11. The van der Waals surface area contributed by atoms with Crippen molar-refractivity contribution < 1.29 is 14.4 Å². The van der Waals surface area contributed by atoms with Crippen LogP contribution in [0.3, 0.4) is 0 Å². The summed E-state index contributed by atoms with van der Waals surface area (Å²) in [6, 6.07) is 13.9. The Morgan fingerprint density at radius 2 is 1.61 bits per heavy atom. The Balaban J connectivity index is 1.01. The first kappa shape index (κ1) is 29.1. The van der Waals surface area contributed by atoms with E-state index in [2.05, 4.69) is 51.3 Å². The third-order valence-electron chi connectivity index (χ3n) is 10.9. The van der Waals surface area contributed by atoms with Crippen molar-refractivity contribution in [1.82, 2.24) is 25.5 Å². The summed E-state index contributed by atoms with van der Waals surface area (Å²) < 4.78 is 1.98. The smallest absolute Gasteiger partial charge is 0.244 e. The van der Waals surface area contributed by atoms with Crippen molar-refractivity contribution in [2.75, 3.05) is 6.54 Å². The zero-order valence-corrected chi connectivity index (χ0v) is 25.6. The number of benzene rings is 2. The number of aromatic nitrogens is 2. The average Bonchev–Trinajstić information content (AvgIpc) is 3.44. The number of fused-ring (bicyclic) bond motifs is 1. The molecule has 8 nitrogen and oxygen atoms in total. The highest BCUT2D eigenvalue weighted by Gasteiger charge is 2.54. The molecule has 8 heteroatoms. The minimum atomic E-state index is -0.820. The highest BCUT2D eigenvalue weighted by atomic mass is 16.2. The molecule has 5 fully saturated rings. The molecule has 0 radical (unpaired) electrons. The number of amides is 3. The van der Waals surface area contributed by atoms with Crippen molar-refractivity contribution in [1.29, 1.82) is 0 Å². The summed E-state index contributed by atoms with van der Waals surface area (Å²) in [4.78, 5) is 45.0. The standard InChI is InChI=1S/C36H45N5O3/c42-33(16-31-20-37-23-41(31)22-24-10-11-28-6-4-5-7-29(28)15-24)40-32(34(43)39-30-8-2-1-3-9-30)21-38-35(44)36-17-25-12-26(18-36)14-27(13-25)19-36/h4-7,10-11,15,20,23,25-27,30,32H,1-3,8-9,12-14,16-19,21-22H2,(H,38,44)(H,39,43)(H,40,42). The van der Waals surface area contributed by atoms with Gasteiger partial charge in [-0.3, -0.25) is 14.4 Å². The van der Waals surface area contributed by atoms with E-state index in [0.717, 1.165) is 56.2 Å². The van der Waals surface area contributed by atoms with Crippen LogP contribution in [0.2, 0.25) is 0 Å². The van der Waals surface area contributed by atoms with Crippen LogP contribution in [0, 0.1) is 23.2 Å². The first-order chi connectivity index (χ1) is 21.4. The molecule has 44 heavy (non-hydrogen) atoms. The van der Waals surface area contributed by atoms with Gasteiger partial charge in [0.15, 0.2) is 0 Å². The van der Waals surface area contributed by atoms with Gasteiger partial charge in [-0.1, -0.05) is 55.7 Å². The Hall–Kier alpha value is -3.68. The van der Waals surface area contributed by atoms with Gasteiger partial charge < -0.3 is 20.5 Å². The molecule has 1 unspecified atom stereocenters. The van der Waals surface area contributed by atoms with Crippen LogP contribution in [0.4, 0.5) is 0 Å². The normalized spacial score (nSPS) is 26.8. The zero-order chi connectivity index (χ0) is 30.1. The lowest BCUT2D eigenvalue weighted by Gasteiger charge is -2.55. The van der Waals surface area contributed by atoms with Gasteiger partial charge in [-0.05, 0) is 91.5 Å². The lowest BCUT2D eigenvalue weighted by Crippen LogP contribution is -2.58. The molecule has 0 saturated heterocycles. The van der Waals surface area contributed by atoms with Crippen LogP contribution in [-0.2, 0) is 27.3 Å². The molecule has 232 valence electrons. The highest BCUT2D eigenvalue weighted by Crippen LogP contribution is 2.60. The third-order valence-corrected chi connectivity index (χ3v) is 10.9. The average molecular weight is 596 g/mol. The molecule has 1 atom stereocenters. The molecule has 5 aliphatic carbocycles. The molecule has 2 aromatic carbocycles. The minimum absolute atomic E-state index is 0.0785. The van der Waals surface area contributed by atoms with Gasteiger partial charge in [0.2, 0.25) is 17.7 Å². The van der Waals surface area contributed by atoms with Gasteiger partial charge in [0, 0.05) is 36.4 Å². The van der Waals surface area contributed by atoms with Gasteiger partial charge >= 0.3 is 0 Å². The van der Waals surface area contributed by atoms with E-state index in [-0.39, 0.29) is 42.1 Å². The molecule has 0 spiro atoms. The number of nitrogens with zero attached hydrogens (tertiary/aromatic N) is 2. The van der Waals surface area contributed by atoms with Crippen molar-refractivity contribution in [3.63, 3.8) is 0 Å². The number of hydrogen-bond donors (Lipinski definition) is 3. The Labute approximate surface area is 259 Å². The summed E-state index contributed by atoms with van der Waals surface area (Å²) in [6.07, 6.45) is 15.6. The Morgan fingerprint density at radius 1 is 0.909 bits per heavy atom. The van der Waals surface area contributed by atoms with Gasteiger partial charge in [0.05, 0.1) is 12.7 Å². The van der Waals surface area contributed by atoms with Crippen molar-refractivity contribution in [2.45, 2.75) is 95.7 Å². The van der Waals surface area contributed by atoms with Gasteiger partial charge in [0.25, 0.3) is 0 Å². The lowest BCUT2D eigenvalue weighted by atomic mass is 9.49. The summed E-state index contributed by atoms with van der Waals surface area (Å²) >= 11 is 0. The first-order valence-electron chi connectivity index (χ1n) is 16.8. The lowest BCUT2D eigenvalue weighted by molar-refractivity contribution is -0.146. The van der Waals surface area contributed by atoms with Crippen LogP contribution in [0.1, 0.15) is 81.9 Å².